The van der Waals surface area contributed by atoms with Crippen LogP contribution in [0, 0.1) is 0 Å². The van der Waals surface area contributed by atoms with E-state index in [2.05, 4.69) is 5.32 Å². The number of rotatable bonds is 6. The molecular weight excluding hydrogens is 306 g/mol. The maximum Gasteiger partial charge on any atom is 0.329 e. The largest absolute Gasteiger partial charge is 0.480 e. The number of carboxylic acid groups (broad SMARTS) is 1. The molecule has 22 heavy (non-hydrogen) atoms. The molecule has 1 aromatic carbocycles. The minimum Gasteiger partial charge on any atom is -0.480 e. The van der Waals surface area contributed by atoms with Gasteiger partial charge < -0.3 is 15.2 Å². The number of carbonyl (C=O) groups excluding carboxylic acids is 1. The zero-order valence-electron chi connectivity index (χ0n) is 12.5. The van der Waals surface area contributed by atoms with Crippen molar-refractivity contribution in [1.29, 1.82) is 0 Å². The lowest BCUT2D eigenvalue weighted by atomic mass is 9.97. The normalized spacial score (nSPS) is 17.7. The standard InChI is InChI=1S/C16H20ClNO4/c1-2-12(22-13-8-4-3-7-11(13)17)14(19)18-16(15(20)21)9-5-6-10-16/h3-4,7-8,12H,2,5-6,9-10H2,1H3,(H,18,19)(H,20,21). The lowest BCUT2D eigenvalue weighted by Crippen LogP contribution is -2.56. The van der Waals surface area contributed by atoms with Crippen molar-refractivity contribution in [1.82, 2.24) is 5.32 Å². The van der Waals surface area contributed by atoms with Crippen molar-refractivity contribution in [2.24, 2.45) is 0 Å². The summed E-state index contributed by atoms with van der Waals surface area (Å²) in [5, 5.41) is 12.5. The van der Waals surface area contributed by atoms with E-state index in [0.29, 0.717) is 30.0 Å². The van der Waals surface area contributed by atoms with Crippen LogP contribution in [-0.4, -0.2) is 28.6 Å². The second kappa shape index (κ2) is 7.01. The molecule has 6 heteroatoms. The van der Waals surface area contributed by atoms with Crippen LogP contribution in [0.1, 0.15) is 39.0 Å². The maximum absolute atomic E-state index is 12.4. The second-order valence-electron chi connectivity index (χ2n) is 5.53. The van der Waals surface area contributed by atoms with E-state index < -0.39 is 23.5 Å². The zero-order valence-corrected chi connectivity index (χ0v) is 13.2. The van der Waals surface area contributed by atoms with Gasteiger partial charge in [0.25, 0.3) is 5.91 Å². The highest BCUT2D eigenvalue weighted by Gasteiger charge is 2.43. The third kappa shape index (κ3) is 3.53. The predicted octanol–water partition coefficient (Wildman–Crippen LogP) is 3.01. The van der Waals surface area contributed by atoms with E-state index in [0.717, 1.165) is 12.8 Å². The van der Waals surface area contributed by atoms with Crippen LogP contribution >= 0.6 is 11.6 Å². The third-order valence-electron chi connectivity index (χ3n) is 4.00. The van der Waals surface area contributed by atoms with Gasteiger partial charge in [-0.3, -0.25) is 4.79 Å². The van der Waals surface area contributed by atoms with Crippen molar-refractivity contribution >= 4 is 23.5 Å². The van der Waals surface area contributed by atoms with Gasteiger partial charge in [-0.2, -0.15) is 0 Å². The quantitative estimate of drug-likeness (QED) is 0.843. The topological polar surface area (TPSA) is 75.6 Å². The van der Waals surface area contributed by atoms with Crippen molar-refractivity contribution < 1.29 is 19.4 Å². The first-order valence-corrected chi connectivity index (χ1v) is 7.83. The summed E-state index contributed by atoms with van der Waals surface area (Å²) in [6.45, 7) is 1.81. The van der Waals surface area contributed by atoms with E-state index in [1.807, 2.05) is 6.92 Å². The highest BCUT2D eigenvalue weighted by atomic mass is 35.5. The van der Waals surface area contributed by atoms with Gasteiger partial charge in [0.1, 0.15) is 11.3 Å². The smallest absolute Gasteiger partial charge is 0.329 e. The van der Waals surface area contributed by atoms with Crippen molar-refractivity contribution in [2.45, 2.75) is 50.7 Å². The van der Waals surface area contributed by atoms with E-state index in [9.17, 15) is 14.7 Å². The van der Waals surface area contributed by atoms with Crippen molar-refractivity contribution in [3.05, 3.63) is 29.3 Å². The van der Waals surface area contributed by atoms with Crippen LogP contribution in [0.4, 0.5) is 0 Å². The molecule has 1 aromatic rings. The highest BCUT2D eigenvalue weighted by molar-refractivity contribution is 6.32. The monoisotopic (exact) mass is 325 g/mol. The van der Waals surface area contributed by atoms with Crippen LogP contribution in [-0.2, 0) is 9.59 Å². The molecule has 0 spiro atoms. The lowest BCUT2D eigenvalue weighted by Gasteiger charge is -2.28. The Balaban J connectivity index is 2.09. The number of carbonyl (C=O) groups is 2. The van der Waals surface area contributed by atoms with Gasteiger partial charge in [0.2, 0.25) is 0 Å². The molecule has 2 rings (SSSR count). The van der Waals surface area contributed by atoms with Crippen LogP contribution in [0.25, 0.3) is 0 Å². The molecule has 120 valence electrons. The minimum absolute atomic E-state index is 0.410. The summed E-state index contributed by atoms with van der Waals surface area (Å²) >= 11 is 6.03. The van der Waals surface area contributed by atoms with Crippen molar-refractivity contribution in [3.8, 4) is 5.75 Å². The molecule has 0 bridgehead atoms. The van der Waals surface area contributed by atoms with Gasteiger partial charge in [-0.15, -0.1) is 0 Å². The number of benzene rings is 1. The fourth-order valence-electron chi connectivity index (χ4n) is 2.70. The number of nitrogens with one attached hydrogen (secondary N) is 1. The molecule has 5 nitrogen and oxygen atoms in total. The molecule has 1 fully saturated rings. The van der Waals surface area contributed by atoms with E-state index in [1.165, 1.54) is 0 Å². The van der Waals surface area contributed by atoms with Gasteiger partial charge in [0.05, 0.1) is 5.02 Å². The van der Waals surface area contributed by atoms with E-state index in [4.69, 9.17) is 16.3 Å². The molecule has 1 unspecified atom stereocenters. The van der Waals surface area contributed by atoms with Gasteiger partial charge >= 0.3 is 5.97 Å². The number of halogens is 1. The van der Waals surface area contributed by atoms with E-state index in [-0.39, 0.29) is 0 Å². The Labute approximate surface area is 134 Å². The minimum atomic E-state index is -1.16. The number of ether oxygens (including phenoxy) is 1. The number of hydrogen-bond donors (Lipinski definition) is 2. The van der Waals surface area contributed by atoms with Gasteiger partial charge in [0, 0.05) is 0 Å². The van der Waals surface area contributed by atoms with Crippen LogP contribution in [0.2, 0.25) is 5.02 Å². The van der Waals surface area contributed by atoms with Crippen LogP contribution in [0.15, 0.2) is 24.3 Å². The summed E-state index contributed by atoms with van der Waals surface area (Å²) in [5.41, 5.74) is -1.16. The molecule has 0 aromatic heterocycles. The molecule has 1 amide bonds. The molecule has 0 radical (unpaired) electrons. The van der Waals surface area contributed by atoms with E-state index >= 15 is 0 Å². The van der Waals surface area contributed by atoms with Crippen LogP contribution in [0.5, 0.6) is 5.75 Å². The zero-order chi connectivity index (χ0) is 16.2. The highest BCUT2D eigenvalue weighted by Crippen LogP contribution is 2.30. The predicted molar refractivity (Wildman–Crippen MR) is 83.1 cm³/mol. The first-order valence-electron chi connectivity index (χ1n) is 7.45. The van der Waals surface area contributed by atoms with Gasteiger partial charge in [-0.1, -0.05) is 43.5 Å². The lowest BCUT2D eigenvalue weighted by molar-refractivity contribution is -0.148. The molecule has 1 aliphatic carbocycles. The number of amides is 1. The summed E-state index contributed by atoms with van der Waals surface area (Å²) in [4.78, 5) is 23.9. The molecule has 1 aliphatic rings. The number of hydrogen-bond acceptors (Lipinski definition) is 3. The molecule has 2 N–H and O–H groups in total. The number of para-hydroxylation sites is 1. The Bertz CT molecular complexity index is 555. The first-order chi connectivity index (χ1) is 10.5. The molecule has 0 heterocycles. The Morgan fingerprint density at radius 1 is 1.36 bits per heavy atom. The van der Waals surface area contributed by atoms with Crippen molar-refractivity contribution in [3.63, 3.8) is 0 Å². The van der Waals surface area contributed by atoms with Gasteiger partial charge in [-0.25, -0.2) is 4.79 Å². The molecule has 0 saturated heterocycles. The fraction of sp³-hybridized carbons (Fsp3) is 0.500. The van der Waals surface area contributed by atoms with Gasteiger partial charge in [-0.05, 0) is 31.4 Å². The third-order valence-corrected chi connectivity index (χ3v) is 4.31. The summed E-state index contributed by atoms with van der Waals surface area (Å²) in [6, 6.07) is 6.90. The number of aliphatic carboxylic acids is 1. The van der Waals surface area contributed by atoms with Gasteiger partial charge in [0.15, 0.2) is 6.10 Å². The first kappa shape index (κ1) is 16.6. The summed E-state index contributed by atoms with van der Waals surface area (Å²) in [7, 11) is 0. The Kier molecular flexibility index (Phi) is 5.29. The summed E-state index contributed by atoms with van der Waals surface area (Å²) < 4.78 is 5.65. The summed E-state index contributed by atoms with van der Waals surface area (Å²) in [6.07, 6.45) is 2.17. The Morgan fingerprint density at radius 3 is 2.55 bits per heavy atom. The fourth-order valence-corrected chi connectivity index (χ4v) is 2.88. The molecular formula is C16H20ClNO4. The number of carboxylic acids is 1. The average molecular weight is 326 g/mol. The second-order valence-corrected chi connectivity index (χ2v) is 5.94. The van der Waals surface area contributed by atoms with Crippen LogP contribution in [0.3, 0.4) is 0 Å². The maximum atomic E-state index is 12.4. The average Bonchev–Trinajstić information content (AvgIpc) is 2.96. The van der Waals surface area contributed by atoms with Crippen LogP contribution < -0.4 is 10.1 Å². The van der Waals surface area contributed by atoms with E-state index in [1.54, 1.807) is 24.3 Å². The molecule has 0 aliphatic heterocycles. The Hall–Kier alpha value is -1.75. The Morgan fingerprint density at radius 2 is 2.00 bits per heavy atom. The summed E-state index contributed by atoms with van der Waals surface area (Å²) in [5.74, 6) is -0.973. The van der Waals surface area contributed by atoms with Crippen molar-refractivity contribution in [2.75, 3.05) is 0 Å². The SMILES string of the molecule is CCC(Oc1ccccc1Cl)C(=O)NC1(C(=O)O)CCCC1. The molecule has 1 atom stereocenters. The molecule has 1 saturated carbocycles.